The molecule has 3 rings (SSSR count). The Morgan fingerprint density at radius 1 is 0.880 bits per heavy atom. The van der Waals surface area contributed by atoms with Crippen LogP contribution in [0, 0.1) is 5.82 Å². The smallest absolute Gasteiger partial charge is 0.152 e. The van der Waals surface area contributed by atoms with Gasteiger partial charge in [0.25, 0.3) is 0 Å². The summed E-state index contributed by atoms with van der Waals surface area (Å²) in [6, 6.07) is 19.9. The van der Waals surface area contributed by atoms with E-state index in [4.69, 9.17) is 0 Å². The average Bonchev–Trinajstić information content (AvgIpc) is 2.63. The maximum Gasteiger partial charge on any atom is 0.152 e. The van der Waals surface area contributed by atoms with E-state index in [1.54, 1.807) is 18.2 Å². The van der Waals surface area contributed by atoms with E-state index in [2.05, 4.69) is 17.4 Å². The molecule has 0 spiro atoms. The SMILES string of the molecule is CN(C)c1ccc(-c2ccc(C=O)c(Nc3ccc(F)cc3)c2)cc1. The molecule has 0 saturated carbocycles. The van der Waals surface area contributed by atoms with E-state index in [0.29, 0.717) is 11.3 Å². The van der Waals surface area contributed by atoms with Gasteiger partial charge in [0.1, 0.15) is 5.82 Å². The van der Waals surface area contributed by atoms with Gasteiger partial charge in [-0.05, 0) is 59.7 Å². The number of hydrogen-bond donors (Lipinski definition) is 1. The van der Waals surface area contributed by atoms with Crippen molar-refractivity contribution in [2.24, 2.45) is 0 Å². The van der Waals surface area contributed by atoms with Gasteiger partial charge >= 0.3 is 0 Å². The van der Waals surface area contributed by atoms with E-state index >= 15 is 0 Å². The molecule has 3 nitrogen and oxygen atoms in total. The Morgan fingerprint density at radius 3 is 2.12 bits per heavy atom. The van der Waals surface area contributed by atoms with Crippen molar-refractivity contribution >= 4 is 23.3 Å². The monoisotopic (exact) mass is 334 g/mol. The van der Waals surface area contributed by atoms with E-state index in [1.165, 1.54) is 12.1 Å². The normalized spacial score (nSPS) is 10.4. The zero-order chi connectivity index (χ0) is 17.8. The van der Waals surface area contributed by atoms with Crippen molar-refractivity contribution in [2.75, 3.05) is 24.3 Å². The minimum atomic E-state index is -0.295. The number of nitrogens with zero attached hydrogens (tertiary/aromatic N) is 1. The molecule has 0 bridgehead atoms. The highest BCUT2D eigenvalue weighted by Crippen LogP contribution is 2.28. The minimum absolute atomic E-state index is 0.295. The fraction of sp³-hybridized carbons (Fsp3) is 0.0952. The summed E-state index contributed by atoms with van der Waals surface area (Å²) in [5, 5.41) is 3.18. The summed E-state index contributed by atoms with van der Waals surface area (Å²) < 4.78 is 13.1. The van der Waals surface area contributed by atoms with Crippen LogP contribution in [0.15, 0.2) is 66.7 Å². The molecule has 0 atom stereocenters. The Labute approximate surface area is 146 Å². The Morgan fingerprint density at radius 2 is 1.52 bits per heavy atom. The van der Waals surface area contributed by atoms with Crippen LogP contribution in [0.5, 0.6) is 0 Å². The summed E-state index contributed by atoms with van der Waals surface area (Å²) in [5.74, 6) is -0.295. The van der Waals surface area contributed by atoms with Gasteiger partial charge in [0.15, 0.2) is 6.29 Å². The third-order valence-corrected chi connectivity index (χ3v) is 4.02. The number of hydrogen-bond acceptors (Lipinski definition) is 3. The maximum absolute atomic E-state index is 13.1. The zero-order valence-electron chi connectivity index (χ0n) is 14.2. The van der Waals surface area contributed by atoms with E-state index in [0.717, 1.165) is 28.8 Å². The Hall–Kier alpha value is -3.14. The molecule has 4 heteroatoms. The highest BCUT2D eigenvalue weighted by molar-refractivity contribution is 5.88. The van der Waals surface area contributed by atoms with Crippen LogP contribution in [0.2, 0.25) is 0 Å². The molecule has 0 fully saturated rings. The van der Waals surface area contributed by atoms with Crippen LogP contribution in [-0.4, -0.2) is 20.4 Å². The molecule has 3 aromatic carbocycles. The third kappa shape index (κ3) is 3.86. The summed E-state index contributed by atoms with van der Waals surface area (Å²) in [7, 11) is 4.00. The Balaban J connectivity index is 1.94. The lowest BCUT2D eigenvalue weighted by Crippen LogP contribution is -2.07. The van der Waals surface area contributed by atoms with Crippen molar-refractivity contribution in [1.29, 1.82) is 0 Å². The van der Waals surface area contributed by atoms with Crippen LogP contribution in [0.1, 0.15) is 10.4 Å². The average molecular weight is 334 g/mol. The Kier molecular flexibility index (Phi) is 4.80. The summed E-state index contributed by atoms with van der Waals surface area (Å²) >= 11 is 0. The number of anilines is 3. The molecule has 25 heavy (non-hydrogen) atoms. The van der Waals surface area contributed by atoms with Gasteiger partial charge in [0.05, 0.1) is 0 Å². The van der Waals surface area contributed by atoms with E-state index in [-0.39, 0.29) is 5.82 Å². The second-order valence-electron chi connectivity index (χ2n) is 5.99. The highest BCUT2D eigenvalue weighted by atomic mass is 19.1. The lowest BCUT2D eigenvalue weighted by molar-refractivity contribution is 0.112. The first-order valence-electron chi connectivity index (χ1n) is 7.96. The number of carbonyl (C=O) groups is 1. The molecule has 0 saturated heterocycles. The molecule has 0 radical (unpaired) electrons. The molecule has 1 N–H and O–H groups in total. The van der Waals surface area contributed by atoms with Crippen LogP contribution in [0.3, 0.4) is 0 Å². The van der Waals surface area contributed by atoms with Crippen LogP contribution in [0.25, 0.3) is 11.1 Å². The van der Waals surface area contributed by atoms with Crippen molar-refractivity contribution in [3.05, 3.63) is 78.1 Å². The van der Waals surface area contributed by atoms with E-state index < -0.39 is 0 Å². The number of aldehydes is 1. The second kappa shape index (κ2) is 7.18. The van der Waals surface area contributed by atoms with Crippen molar-refractivity contribution in [3.8, 4) is 11.1 Å². The second-order valence-corrected chi connectivity index (χ2v) is 5.99. The van der Waals surface area contributed by atoms with Crippen molar-refractivity contribution in [3.63, 3.8) is 0 Å². The van der Waals surface area contributed by atoms with Gasteiger partial charge in [0.2, 0.25) is 0 Å². The van der Waals surface area contributed by atoms with Gasteiger partial charge in [0, 0.05) is 36.7 Å². The lowest BCUT2D eigenvalue weighted by atomic mass is 10.0. The molecule has 0 aliphatic rings. The predicted molar refractivity (Wildman–Crippen MR) is 101 cm³/mol. The number of nitrogens with one attached hydrogen (secondary N) is 1. The third-order valence-electron chi connectivity index (χ3n) is 4.02. The van der Waals surface area contributed by atoms with Crippen molar-refractivity contribution < 1.29 is 9.18 Å². The summed E-state index contributed by atoms with van der Waals surface area (Å²) in [4.78, 5) is 13.4. The fourth-order valence-corrected chi connectivity index (χ4v) is 2.59. The first-order chi connectivity index (χ1) is 12.1. The molecule has 0 amide bonds. The predicted octanol–water partition coefficient (Wildman–Crippen LogP) is 5.11. The van der Waals surface area contributed by atoms with E-state index in [1.807, 2.05) is 43.3 Å². The van der Waals surface area contributed by atoms with E-state index in [9.17, 15) is 9.18 Å². The van der Waals surface area contributed by atoms with Gasteiger partial charge in [-0.3, -0.25) is 4.79 Å². The van der Waals surface area contributed by atoms with Crippen molar-refractivity contribution in [2.45, 2.75) is 0 Å². The summed E-state index contributed by atoms with van der Waals surface area (Å²) in [5.41, 5.74) is 5.15. The highest BCUT2D eigenvalue weighted by Gasteiger charge is 2.06. The molecule has 3 aromatic rings. The molecule has 0 unspecified atom stereocenters. The molecular formula is C21H19FN2O. The first kappa shape index (κ1) is 16.7. The summed E-state index contributed by atoms with van der Waals surface area (Å²) in [6.07, 6.45) is 0.810. The fourth-order valence-electron chi connectivity index (χ4n) is 2.59. The van der Waals surface area contributed by atoms with Gasteiger partial charge < -0.3 is 10.2 Å². The molecule has 0 aliphatic heterocycles. The number of rotatable bonds is 5. The number of benzene rings is 3. The largest absolute Gasteiger partial charge is 0.378 e. The quantitative estimate of drug-likeness (QED) is 0.658. The van der Waals surface area contributed by atoms with Crippen LogP contribution < -0.4 is 10.2 Å². The summed E-state index contributed by atoms with van der Waals surface area (Å²) in [6.45, 7) is 0. The topological polar surface area (TPSA) is 32.3 Å². The molecule has 0 heterocycles. The van der Waals surface area contributed by atoms with Gasteiger partial charge in [-0.15, -0.1) is 0 Å². The lowest BCUT2D eigenvalue weighted by Gasteiger charge is -2.14. The van der Waals surface area contributed by atoms with Gasteiger partial charge in [-0.2, -0.15) is 0 Å². The van der Waals surface area contributed by atoms with Crippen LogP contribution in [-0.2, 0) is 0 Å². The zero-order valence-corrected chi connectivity index (χ0v) is 14.2. The first-order valence-corrected chi connectivity index (χ1v) is 7.96. The molecule has 0 aromatic heterocycles. The number of carbonyl (C=O) groups excluding carboxylic acids is 1. The Bertz CT molecular complexity index is 871. The molecule has 0 aliphatic carbocycles. The number of halogens is 1. The van der Waals surface area contributed by atoms with Crippen LogP contribution in [0.4, 0.5) is 21.5 Å². The molecular weight excluding hydrogens is 315 g/mol. The minimum Gasteiger partial charge on any atom is -0.378 e. The van der Waals surface area contributed by atoms with Crippen LogP contribution >= 0.6 is 0 Å². The van der Waals surface area contributed by atoms with Crippen molar-refractivity contribution in [1.82, 2.24) is 0 Å². The van der Waals surface area contributed by atoms with Gasteiger partial charge in [-0.1, -0.05) is 18.2 Å². The van der Waals surface area contributed by atoms with Gasteiger partial charge in [-0.25, -0.2) is 4.39 Å². The molecule has 126 valence electrons. The maximum atomic E-state index is 13.1. The standard InChI is InChI=1S/C21H19FN2O/c1-24(2)20-11-5-15(6-12-20)16-3-4-17(14-25)21(13-16)23-19-9-7-18(22)8-10-19/h3-14,23H,1-2H3.